The highest BCUT2D eigenvalue weighted by Crippen LogP contribution is 2.56. The Morgan fingerprint density at radius 3 is 2.69 bits per heavy atom. The van der Waals surface area contributed by atoms with Crippen molar-refractivity contribution in [1.82, 2.24) is 9.55 Å². The van der Waals surface area contributed by atoms with Gasteiger partial charge >= 0.3 is 13.5 Å². The third-order valence-electron chi connectivity index (χ3n) is 5.05. The number of nitrogens with one attached hydrogen (secondary N) is 1. The molecule has 0 spiro atoms. The van der Waals surface area contributed by atoms with Crippen molar-refractivity contribution in [1.29, 1.82) is 0 Å². The lowest BCUT2D eigenvalue weighted by atomic mass is 9.82. The van der Waals surface area contributed by atoms with Gasteiger partial charge in [-0.1, -0.05) is 13.8 Å². The smallest absolute Gasteiger partial charge is 0.371 e. The highest BCUT2D eigenvalue weighted by molar-refractivity contribution is 7.47. The van der Waals surface area contributed by atoms with Crippen LogP contribution < -0.4 is 11.2 Å². The van der Waals surface area contributed by atoms with Gasteiger partial charge in [0.05, 0.1) is 12.7 Å². The molecule has 10 nitrogen and oxygen atoms in total. The fourth-order valence-electron chi connectivity index (χ4n) is 4.10. The summed E-state index contributed by atoms with van der Waals surface area (Å²) in [5.74, 6) is 0.191. The van der Waals surface area contributed by atoms with Gasteiger partial charge in [-0.3, -0.25) is 23.4 Å². The largest absolute Gasteiger partial charge is 0.472 e. The lowest BCUT2D eigenvalue weighted by Gasteiger charge is -2.39. The summed E-state index contributed by atoms with van der Waals surface area (Å²) < 4.78 is 36.6. The van der Waals surface area contributed by atoms with E-state index >= 15 is 0 Å². The molecule has 2 bridgehead atoms. The molecule has 2 saturated heterocycles. The van der Waals surface area contributed by atoms with Crippen LogP contribution >= 0.6 is 7.82 Å². The van der Waals surface area contributed by atoms with Gasteiger partial charge in [-0.2, -0.15) is 0 Å². The number of ether oxygens (including phenoxy) is 2. The Morgan fingerprint density at radius 1 is 1.38 bits per heavy atom. The number of phosphoric acid groups is 1. The first-order valence-electron chi connectivity index (χ1n) is 9.75. The maximum atomic E-state index is 12.5. The summed E-state index contributed by atoms with van der Waals surface area (Å²) in [6.45, 7) is 9.20. The summed E-state index contributed by atoms with van der Waals surface area (Å²) in [6, 6.07) is 0. The number of hydrogen-bond acceptors (Lipinski definition) is 7. The number of phosphoric ester groups is 1. The summed E-state index contributed by atoms with van der Waals surface area (Å²) in [5, 5.41) is 0. The lowest BCUT2D eigenvalue weighted by Crippen LogP contribution is -2.51. The molecule has 5 atom stereocenters. The second-order valence-electron chi connectivity index (χ2n) is 8.38. The Labute approximate surface area is 168 Å². The fraction of sp³-hybridized carbons (Fsp3) is 0.778. The Balaban J connectivity index is 2.03. The van der Waals surface area contributed by atoms with Crippen LogP contribution in [-0.4, -0.2) is 45.0 Å². The third-order valence-corrected chi connectivity index (χ3v) is 6.24. The molecule has 2 aliphatic rings. The Hall–Kier alpha value is -1.29. The molecular weight excluding hydrogens is 403 g/mol. The molecule has 29 heavy (non-hydrogen) atoms. The zero-order valence-corrected chi connectivity index (χ0v) is 18.2. The van der Waals surface area contributed by atoms with Crippen LogP contribution in [0.4, 0.5) is 0 Å². The molecule has 0 amide bonds. The average Bonchev–Trinajstić information content (AvgIpc) is 2.72. The molecule has 2 aliphatic heterocycles. The molecule has 3 rings (SSSR count). The predicted molar refractivity (Wildman–Crippen MR) is 104 cm³/mol. The van der Waals surface area contributed by atoms with E-state index in [9.17, 15) is 19.0 Å². The van der Waals surface area contributed by atoms with Crippen molar-refractivity contribution < 1.29 is 28.0 Å². The molecule has 0 saturated carbocycles. The van der Waals surface area contributed by atoms with Gasteiger partial charge in [0.2, 0.25) is 0 Å². The molecule has 0 aromatic carbocycles. The molecule has 3 unspecified atom stereocenters. The minimum absolute atomic E-state index is 0.191. The lowest BCUT2D eigenvalue weighted by molar-refractivity contribution is -0.129. The summed E-state index contributed by atoms with van der Waals surface area (Å²) >= 11 is 0. The van der Waals surface area contributed by atoms with Gasteiger partial charge < -0.3 is 14.4 Å². The second kappa shape index (κ2) is 8.09. The highest BCUT2D eigenvalue weighted by Gasteiger charge is 2.61. The van der Waals surface area contributed by atoms with Crippen LogP contribution in [0.1, 0.15) is 52.3 Å². The molecule has 1 aromatic heterocycles. The molecule has 11 heteroatoms. The van der Waals surface area contributed by atoms with Gasteiger partial charge in [0.25, 0.3) is 5.56 Å². The Kier molecular flexibility index (Phi) is 6.25. The van der Waals surface area contributed by atoms with Crippen molar-refractivity contribution in [2.75, 3.05) is 6.61 Å². The van der Waals surface area contributed by atoms with Crippen molar-refractivity contribution in [2.24, 2.45) is 5.92 Å². The first-order valence-corrected chi connectivity index (χ1v) is 11.2. The number of rotatable bonds is 7. The quantitative estimate of drug-likeness (QED) is 0.625. The van der Waals surface area contributed by atoms with Crippen LogP contribution in [0.15, 0.2) is 15.8 Å². The third kappa shape index (κ3) is 4.57. The van der Waals surface area contributed by atoms with Gasteiger partial charge in [-0.05, 0) is 33.1 Å². The van der Waals surface area contributed by atoms with Crippen LogP contribution in [-0.2, 0) is 23.1 Å². The van der Waals surface area contributed by atoms with E-state index < -0.39 is 49.2 Å². The van der Waals surface area contributed by atoms with Crippen LogP contribution in [0.5, 0.6) is 0 Å². The van der Waals surface area contributed by atoms with Gasteiger partial charge in [-0.25, -0.2) is 9.36 Å². The monoisotopic (exact) mass is 432 g/mol. The molecule has 2 N–H and O–H groups in total. The predicted octanol–water partition coefficient (Wildman–Crippen LogP) is 1.86. The van der Waals surface area contributed by atoms with E-state index in [1.165, 1.54) is 10.8 Å². The van der Waals surface area contributed by atoms with Crippen molar-refractivity contribution >= 4 is 7.82 Å². The van der Waals surface area contributed by atoms with Crippen LogP contribution in [0.3, 0.4) is 0 Å². The van der Waals surface area contributed by atoms with E-state index in [1.807, 2.05) is 13.8 Å². The minimum atomic E-state index is -4.39. The summed E-state index contributed by atoms with van der Waals surface area (Å²) in [4.78, 5) is 36.7. The summed E-state index contributed by atoms with van der Waals surface area (Å²) in [7, 11) is -4.39. The van der Waals surface area contributed by atoms with E-state index in [1.54, 1.807) is 20.8 Å². The number of aromatic nitrogens is 2. The molecule has 3 heterocycles. The summed E-state index contributed by atoms with van der Waals surface area (Å²) in [6.07, 6.45) is -0.800. The molecule has 0 radical (unpaired) electrons. The van der Waals surface area contributed by atoms with Gasteiger partial charge in [0.1, 0.15) is 17.8 Å². The first kappa shape index (κ1) is 22.4. The van der Waals surface area contributed by atoms with Gasteiger partial charge in [0.15, 0.2) is 6.23 Å². The van der Waals surface area contributed by atoms with E-state index in [4.69, 9.17) is 18.5 Å². The fourth-order valence-corrected chi connectivity index (χ4v) is 5.28. The molecule has 1 aromatic rings. The van der Waals surface area contributed by atoms with Crippen LogP contribution in [0.25, 0.3) is 0 Å². The first-order chi connectivity index (χ1) is 13.4. The van der Waals surface area contributed by atoms with Gasteiger partial charge in [-0.15, -0.1) is 0 Å². The normalized spacial score (nSPS) is 31.4. The maximum absolute atomic E-state index is 12.5. The van der Waals surface area contributed by atoms with Crippen molar-refractivity contribution in [2.45, 2.75) is 77.6 Å². The average molecular weight is 432 g/mol. The number of fused-ring (bicyclic) bond motifs is 2. The maximum Gasteiger partial charge on any atom is 0.472 e. The van der Waals surface area contributed by atoms with E-state index in [-0.39, 0.29) is 5.92 Å². The van der Waals surface area contributed by atoms with E-state index in [0.717, 1.165) is 0 Å². The molecule has 0 aliphatic carbocycles. The van der Waals surface area contributed by atoms with E-state index in [2.05, 4.69) is 4.98 Å². The van der Waals surface area contributed by atoms with E-state index in [0.29, 0.717) is 25.0 Å². The number of hydrogen-bond donors (Lipinski definition) is 2. The van der Waals surface area contributed by atoms with Crippen LogP contribution in [0, 0.1) is 12.8 Å². The number of aromatic amines is 1. The molecular formula is C18H29N2O8P. The zero-order chi connectivity index (χ0) is 21.6. The van der Waals surface area contributed by atoms with Crippen molar-refractivity contribution in [3.05, 3.63) is 32.6 Å². The summed E-state index contributed by atoms with van der Waals surface area (Å²) in [5.41, 5.74) is -1.72. The van der Waals surface area contributed by atoms with Crippen molar-refractivity contribution in [3.63, 3.8) is 0 Å². The minimum Gasteiger partial charge on any atom is -0.371 e. The highest BCUT2D eigenvalue weighted by atomic mass is 31.2. The molecule has 164 valence electrons. The second-order valence-corrected chi connectivity index (χ2v) is 9.74. The number of H-pyrrole nitrogens is 1. The van der Waals surface area contributed by atoms with Crippen LogP contribution in [0.2, 0.25) is 0 Å². The Morgan fingerprint density at radius 2 is 2.07 bits per heavy atom. The van der Waals surface area contributed by atoms with Gasteiger partial charge in [0, 0.05) is 18.2 Å². The number of aryl methyl sites for hydroxylation is 1. The SMILES string of the molecule is Cc1cn([C@@H]2O[C@@]3(CC(C)C)CCOC2C3OP(=O)(O)OC(C)C)c(=O)[nH]c1=O. The number of nitrogens with zero attached hydrogens (tertiary/aromatic N) is 1. The van der Waals surface area contributed by atoms with Crippen molar-refractivity contribution in [3.8, 4) is 0 Å². The standard InChI is InChI=1S/C18H29N2O8P/c1-10(2)8-18-6-7-25-13(14(18)28-29(23,24)27-11(3)4)16(26-18)20-9-12(5)15(21)19-17(20)22/h9-11,13-14,16H,6-8H2,1-5H3,(H,23,24)(H,19,21,22)/t13?,14?,16-,18-/m1/s1. The topological polar surface area (TPSA) is 129 Å². The Bertz CT molecular complexity index is 910. The zero-order valence-electron chi connectivity index (χ0n) is 17.3. The molecule has 2 fully saturated rings.